The second-order valence-corrected chi connectivity index (χ2v) is 8.89. The molecule has 0 aliphatic carbocycles. The Hall–Kier alpha value is -3.01. The largest absolute Gasteiger partial charge is 0.459 e. The Bertz CT molecular complexity index is 1270. The topological polar surface area (TPSA) is 118 Å². The molecule has 0 saturated carbocycles. The highest BCUT2D eigenvalue weighted by atomic mass is 35.5. The number of carbonyl (C=O) groups is 2. The van der Waals surface area contributed by atoms with Gasteiger partial charge in [-0.15, -0.1) is 0 Å². The van der Waals surface area contributed by atoms with Crippen LogP contribution in [-0.2, 0) is 21.2 Å². The van der Waals surface area contributed by atoms with Crippen LogP contribution in [0.2, 0.25) is 10.0 Å². The van der Waals surface area contributed by atoms with Gasteiger partial charge in [-0.25, -0.2) is 8.42 Å². The second-order valence-electron chi connectivity index (χ2n) is 6.39. The first-order chi connectivity index (χ1) is 14.2. The molecule has 1 aliphatic heterocycles. The van der Waals surface area contributed by atoms with Crippen LogP contribution in [0.3, 0.4) is 0 Å². The van der Waals surface area contributed by atoms with Crippen LogP contribution in [0.25, 0.3) is 0 Å². The summed E-state index contributed by atoms with van der Waals surface area (Å²) in [5.41, 5.74) is 1.20. The second kappa shape index (κ2) is 7.67. The third-order valence-corrected chi connectivity index (χ3v) is 6.36. The zero-order valence-corrected chi connectivity index (χ0v) is 17.4. The third-order valence-electron chi connectivity index (χ3n) is 4.29. The van der Waals surface area contributed by atoms with Crippen molar-refractivity contribution in [1.29, 1.82) is 0 Å². The lowest BCUT2D eigenvalue weighted by Crippen LogP contribution is -2.17. The smallest absolute Gasteiger partial charge is 0.291 e. The zero-order valence-electron chi connectivity index (χ0n) is 15.0. The molecule has 0 bridgehead atoms. The highest BCUT2D eigenvalue weighted by Crippen LogP contribution is 2.34. The van der Waals surface area contributed by atoms with Gasteiger partial charge in [-0.3, -0.25) is 14.3 Å². The molecule has 0 spiro atoms. The van der Waals surface area contributed by atoms with Crippen LogP contribution >= 0.6 is 23.2 Å². The van der Waals surface area contributed by atoms with E-state index in [1.807, 2.05) is 0 Å². The molecule has 11 heteroatoms. The Labute approximate surface area is 181 Å². The van der Waals surface area contributed by atoms with E-state index in [-0.39, 0.29) is 44.4 Å². The van der Waals surface area contributed by atoms with E-state index in [2.05, 4.69) is 15.4 Å². The minimum Gasteiger partial charge on any atom is -0.459 e. The number of benzene rings is 2. The molecule has 8 nitrogen and oxygen atoms in total. The van der Waals surface area contributed by atoms with Crippen LogP contribution in [-0.4, -0.2) is 20.2 Å². The van der Waals surface area contributed by atoms with E-state index < -0.39 is 15.9 Å². The first kappa shape index (κ1) is 20.3. The number of furan rings is 1. The molecule has 3 N–H and O–H groups in total. The molecule has 0 saturated heterocycles. The minimum atomic E-state index is -4.15. The van der Waals surface area contributed by atoms with Crippen molar-refractivity contribution in [3.05, 3.63) is 70.1 Å². The number of hydrogen-bond donors (Lipinski definition) is 3. The van der Waals surface area contributed by atoms with Gasteiger partial charge in [0.1, 0.15) is 4.90 Å². The van der Waals surface area contributed by atoms with Crippen LogP contribution in [0, 0.1) is 0 Å². The van der Waals surface area contributed by atoms with Gasteiger partial charge < -0.3 is 15.1 Å². The number of halogens is 2. The van der Waals surface area contributed by atoms with Crippen molar-refractivity contribution >= 4 is 62.1 Å². The molecule has 2 amide bonds. The average molecular weight is 466 g/mol. The van der Waals surface area contributed by atoms with E-state index in [1.54, 1.807) is 6.07 Å². The number of carbonyl (C=O) groups excluding carboxylic acids is 2. The molecule has 1 aromatic heterocycles. The van der Waals surface area contributed by atoms with Gasteiger partial charge in [0.15, 0.2) is 5.76 Å². The van der Waals surface area contributed by atoms with Crippen LogP contribution in [0.4, 0.5) is 17.1 Å². The molecular formula is C19H13Cl2N3O5S. The van der Waals surface area contributed by atoms with Gasteiger partial charge >= 0.3 is 0 Å². The van der Waals surface area contributed by atoms with E-state index in [0.717, 1.165) is 0 Å². The Kier molecular flexibility index (Phi) is 5.19. The van der Waals surface area contributed by atoms with Crippen molar-refractivity contribution in [2.24, 2.45) is 0 Å². The average Bonchev–Trinajstić information content (AvgIpc) is 3.32. The summed E-state index contributed by atoms with van der Waals surface area (Å²) in [5, 5.41) is 5.39. The van der Waals surface area contributed by atoms with Crippen LogP contribution in [0.1, 0.15) is 16.1 Å². The molecule has 2 heterocycles. The molecule has 2 aromatic carbocycles. The molecule has 154 valence electrons. The van der Waals surface area contributed by atoms with E-state index in [4.69, 9.17) is 27.6 Å². The number of fused-ring (bicyclic) bond motifs is 1. The summed E-state index contributed by atoms with van der Waals surface area (Å²) in [5.74, 6) is -0.783. The quantitative estimate of drug-likeness (QED) is 0.523. The number of rotatable bonds is 5. The maximum Gasteiger partial charge on any atom is 0.291 e. The van der Waals surface area contributed by atoms with Crippen molar-refractivity contribution in [2.75, 3.05) is 15.4 Å². The first-order valence-corrected chi connectivity index (χ1v) is 10.8. The SMILES string of the molecule is O=C1Cc2cc(S(=O)(=O)Nc3ccc(Cl)cc3NC(=O)c3ccco3)c(Cl)cc2N1. The molecule has 4 rings (SSSR count). The molecule has 30 heavy (non-hydrogen) atoms. The number of nitrogens with one attached hydrogen (secondary N) is 3. The van der Waals surface area contributed by atoms with E-state index in [1.165, 1.54) is 42.7 Å². The summed E-state index contributed by atoms with van der Waals surface area (Å²) in [4.78, 5) is 23.7. The van der Waals surface area contributed by atoms with E-state index >= 15 is 0 Å². The highest BCUT2D eigenvalue weighted by molar-refractivity contribution is 7.92. The maximum absolute atomic E-state index is 13.0. The molecule has 0 atom stereocenters. The molecule has 0 fully saturated rings. The summed E-state index contributed by atoms with van der Waals surface area (Å²) >= 11 is 12.2. The predicted octanol–water partition coefficient (Wildman–Crippen LogP) is 4.13. The highest BCUT2D eigenvalue weighted by Gasteiger charge is 2.26. The Morgan fingerprint density at radius 1 is 1.10 bits per heavy atom. The molecule has 3 aromatic rings. The summed E-state index contributed by atoms with van der Waals surface area (Å²) in [6.07, 6.45) is 1.40. The minimum absolute atomic E-state index is 0.0441. The summed E-state index contributed by atoms with van der Waals surface area (Å²) in [6, 6.07) is 10.0. The first-order valence-electron chi connectivity index (χ1n) is 8.52. The number of hydrogen-bond acceptors (Lipinski definition) is 5. The molecular weight excluding hydrogens is 453 g/mol. The lowest BCUT2D eigenvalue weighted by molar-refractivity contribution is -0.115. The number of sulfonamides is 1. The van der Waals surface area contributed by atoms with Gasteiger partial charge in [0.25, 0.3) is 15.9 Å². The standard InChI is InChI=1S/C19H13Cl2N3O5S/c20-11-3-4-13(15(8-11)23-19(26)16-2-1-5-29-16)24-30(27,28)17-6-10-7-18(25)22-14(10)9-12(17)21/h1-6,8-9,24H,7H2,(H,22,25)(H,23,26). The van der Waals surface area contributed by atoms with Gasteiger partial charge in [-0.1, -0.05) is 23.2 Å². The fourth-order valence-corrected chi connectivity index (χ4v) is 4.76. The summed E-state index contributed by atoms with van der Waals surface area (Å²) in [6.45, 7) is 0. The molecule has 0 radical (unpaired) electrons. The number of anilines is 3. The lowest BCUT2D eigenvalue weighted by atomic mass is 10.2. The van der Waals surface area contributed by atoms with Crippen molar-refractivity contribution in [1.82, 2.24) is 0 Å². The van der Waals surface area contributed by atoms with Crippen molar-refractivity contribution in [3.8, 4) is 0 Å². The van der Waals surface area contributed by atoms with Crippen LogP contribution in [0.15, 0.2) is 58.0 Å². The monoisotopic (exact) mass is 465 g/mol. The fourth-order valence-electron chi connectivity index (χ4n) is 2.93. The van der Waals surface area contributed by atoms with E-state index in [9.17, 15) is 18.0 Å². The Balaban J connectivity index is 1.67. The van der Waals surface area contributed by atoms with Gasteiger partial charge in [0.2, 0.25) is 5.91 Å². The lowest BCUT2D eigenvalue weighted by Gasteiger charge is -2.15. The van der Waals surface area contributed by atoms with Gasteiger partial charge in [0.05, 0.1) is 29.1 Å². The van der Waals surface area contributed by atoms with Crippen molar-refractivity contribution in [3.63, 3.8) is 0 Å². The normalized spacial score (nSPS) is 12.9. The molecule has 0 unspecified atom stereocenters. The third kappa shape index (κ3) is 4.00. The molecule has 1 aliphatic rings. The fraction of sp³-hybridized carbons (Fsp3) is 0.0526. The van der Waals surface area contributed by atoms with Gasteiger partial charge in [-0.2, -0.15) is 0 Å². The summed E-state index contributed by atoms with van der Waals surface area (Å²) < 4.78 is 33.4. The van der Waals surface area contributed by atoms with Gasteiger partial charge in [0, 0.05) is 10.7 Å². The van der Waals surface area contributed by atoms with Crippen LogP contribution < -0.4 is 15.4 Å². The zero-order chi connectivity index (χ0) is 21.5. The summed E-state index contributed by atoms with van der Waals surface area (Å²) in [7, 11) is -4.15. The predicted molar refractivity (Wildman–Crippen MR) is 113 cm³/mol. The van der Waals surface area contributed by atoms with Crippen molar-refractivity contribution in [2.45, 2.75) is 11.3 Å². The maximum atomic E-state index is 13.0. The van der Waals surface area contributed by atoms with Crippen molar-refractivity contribution < 1.29 is 22.4 Å². The van der Waals surface area contributed by atoms with Gasteiger partial charge in [-0.05, 0) is 48.0 Å². The Morgan fingerprint density at radius 3 is 2.63 bits per heavy atom. The van der Waals surface area contributed by atoms with E-state index in [0.29, 0.717) is 11.3 Å². The number of amides is 2. The Morgan fingerprint density at radius 2 is 1.90 bits per heavy atom. The van der Waals surface area contributed by atoms with Crippen LogP contribution in [0.5, 0.6) is 0 Å².